The van der Waals surface area contributed by atoms with Crippen LogP contribution in [0.15, 0.2) is 0 Å². The zero-order chi connectivity index (χ0) is 12.6. The predicted molar refractivity (Wildman–Crippen MR) is 75.6 cm³/mol. The summed E-state index contributed by atoms with van der Waals surface area (Å²) in [7, 11) is 0. The van der Waals surface area contributed by atoms with Crippen molar-refractivity contribution in [1.29, 1.82) is 0 Å². The molecule has 3 heteroatoms. The number of hydrogen-bond donors (Lipinski definition) is 1. The highest BCUT2D eigenvalue weighted by atomic mass is 15.3. The second-order valence-corrected chi connectivity index (χ2v) is 6.91. The molecule has 104 valence electrons. The van der Waals surface area contributed by atoms with Crippen LogP contribution in [-0.2, 0) is 0 Å². The van der Waals surface area contributed by atoms with Gasteiger partial charge in [0.25, 0.3) is 0 Å². The fourth-order valence-electron chi connectivity index (χ4n) is 4.55. The van der Waals surface area contributed by atoms with Crippen molar-refractivity contribution < 1.29 is 0 Å². The van der Waals surface area contributed by atoms with Crippen LogP contribution in [0, 0.1) is 5.92 Å². The Morgan fingerprint density at radius 3 is 2.56 bits per heavy atom. The molecule has 0 aromatic rings. The van der Waals surface area contributed by atoms with E-state index in [-0.39, 0.29) is 0 Å². The van der Waals surface area contributed by atoms with Gasteiger partial charge in [0.05, 0.1) is 0 Å². The second kappa shape index (κ2) is 5.10. The molecule has 3 nitrogen and oxygen atoms in total. The summed E-state index contributed by atoms with van der Waals surface area (Å²) in [6.45, 7) is 8.50. The SMILES string of the molecule is CC1CCC(CN)(N2CCC(N3CCCC3)C2)C1. The molecule has 0 radical (unpaired) electrons. The molecule has 3 rings (SSSR count). The average Bonchev–Trinajstić information content (AvgIpc) is 3.09. The van der Waals surface area contributed by atoms with Crippen molar-refractivity contribution in [3.63, 3.8) is 0 Å². The quantitative estimate of drug-likeness (QED) is 0.828. The highest BCUT2D eigenvalue weighted by Crippen LogP contribution is 2.40. The van der Waals surface area contributed by atoms with Crippen molar-refractivity contribution in [2.75, 3.05) is 32.7 Å². The molecule has 0 aromatic heterocycles. The Bertz CT molecular complexity index is 287. The third-order valence-electron chi connectivity index (χ3n) is 5.70. The molecule has 3 unspecified atom stereocenters. The minimum absolute atomic E-state index is 0.355. The maximum absolute atomic E-state index is 6.15. The maximum Gasteiger partial charge on any atom is 0.0335 e. The Balaban J connectivity index is 1.63. The van der Waals surface area contributed by atoms with Crippen LogP contribution in [0.4, 0.5) is 0 Å². The standard InChI is InChI=1S/C15H29N3/c1-13-4-6-15(10-13,12-16)18-9-5-14(11-18)17-7-2-3-8-17/h13-14H,2-12,16H2,1H3. The lowest BCUT2D eigenvalue weighted by Gasteiger charge is -2.39. The number of nitrogens with two attached hydrogens (primary N) is 1. The van der Waals surface area contributed by atoms with Gasteiger partial charge in [-0.05, 0) is 57.5 Å². The molecule has 3 aliphatic rings. The first-order valence-corrected chi connectivity index (χ1v) is 7.93. The number of likely N-dealkylation sites (tertiary alicyclic amines) is 2. The monoisotopic (exact) mass is 251 g/mol. The fraction of sp³-hybridized carbons (Fsp3) is 1.00. The van der Waals surface area contributed by atoms with E-state index in [1.54, 1.807) is 0 Å². The lowest BCUT2D eigenvalue weighted by atomic mass is 9.94. The van der Waals surface area contributed by atoms with E-state index in [0.717, 1.165) is 18.5 Å². The molecule has 18 heavy (non-hydrogen) atoms. The van der Waals surface area contributed by atoms with E-state index in [2.05, 4.69) is 16.7 Å². The van der Waals surface area contributed by atoms with Crippen molar-refractivity contribution in [3.05, 3.63) is 0 Å². The molecule has 0 spiro atoms. The Labute approximate surface area is 112 Å². The van der Waals surface area contributed by atoms with Gasteiger partial charge in [-0.2, -0.15) is 0 Å². The Kier molecular flexibility index (Phi) is 3.65. The first-order valence-electron chi connectivity index (χ1n) is 7.93. The minimum atomic E-state index is 0.355. The zero-order valence-electron chi connectivity index (χ0n) is 11.9. The van der Waals surface area contributed by atoms with Crippen molar-refractivity contribution >= 4 is 0 Å². The van der Waals surface area contributed by atoms with Crippen LogP contribution in [0.1, 0.15) is 45.4 Å². The van der Waals surface area contributed by atoms with E-state index in [1.807, 2.05) is 0 Å². The van der Waals surface area contributed by atoms with E-state index in [4.69, 9.17) is 5.73 Å². The fourth-order valence-corrected chi connectivity index (χ4v) is 4.55. The summed E-state index contributed by atoms with van der Waals surface area (Å²) >= 11 is 0. The van der Waals surface area contributed by atoms with E-state index in [1.165, 1.54) is 64.7 Å². The molecule has 0 amide bonds. The average molecular weight is 251 g/mol. The molecule has 0 aromatic carbocycles. The topological polar surface area (TPSA) is 32.5 Å². The summed E-state index contributed by atoms with van der Waals surface area (Å²) in [5.74, 6) is 0.874. The van der Waals surface area contributed by atoms with Gasteiger partial charge in [-0.1, -0.05) is 6.92 Å². The number of nitrogens with zero attached hydrogens (tertiary/aromatic N) is 2. The third-order valence-corrected chi connectivity index (χ3v) is 5.70. The van der Waals surface area contributed by atoms with Gasteiger partial charge in [-0.3, -0.25) is 9.80 Å². The van der Waals surface area contributed by atoms with Crippen LogP contribution in [0.2, 0.25) is 0 Å². The lowest BCUT2D eigenvalue weighted by Crippen LogP contribution is -2.52. The van der Waals surface area contributed by atoms with Crippen molar-refractivity contribution in [2.45, 2.75) is 57.0 Å². The summed E-state index contributed by atoms with van der Waals surface area (Å²) in [6, 6.07) is 0.826. The van der Waals surface area contributed by atoms with Crippen molar-refractivity contribution in [1.82, 2.24) is 9.80 Å². The second-order valence-electron chi connectivity index (χ2n) is 6.91. The molecule has 2 heterocycles. The van der Waals surface area contributed by atoms with Crippen LogP contribution in [-0.4, -0.2) is 54.1 Å². The van der Waals surface area contributed by atoms with E-state index >= 15 is 0 Å². The zero-order valence-corrected chi connectivity index (χ0v) is 11.9. The van der Waals surface area contributed by atoms with Crippen LogP contribution < -0.4 is 5.73 Å². The first kappa shape index (κ1) is 12.9. The van der Waals surface area contributed by atoms with Gasteiger partial charge in [0.1, 0.15) is 0 Å². The van der Waals surface area contributed by atoms with Gasteiger partial charge >= 0.3 is 0 Å². The van der Waals surface area contributed by atoms with Crippen LogP contribution in [0.5, 0.6) is 0 Å². The summed E-state index contributed by atoms with van der Waals surface area (Å²) in [5.41, 5.74) is 6.51. The van der Waals surface area contributed by atoms with Gasteiger partial charge in [-0.15, -0.1) is 0 Å². The molecule has 1 saturated carbocycles. The minimum Gasteiger partial charge on any atom is -0.329 e. The van der Waals surface area contributed by atoms with Gasteiger partial charge in [0.15, 0.2) is 0 Å². The van der Waals surface area contributed by atoms with Crippen molar-refractivity contribution in [3.8, 4) is 0 Å². The highest BCUT2D eigenvalue weighted by molar-refractivity contribution is 5.02. The Morgan fingerprint density at radius 1 is 1.17 bits per heavy atom. The summed E-state index contributed by atoms with van der Waals surface area (Å²) in [4.78, 5) is 5.47. The third kappa shape index (κ3) is 2.21. The summed E-state index contributed by atoms with van der Waals surface area (Å²) < 4.78 is 0. The maximum atomic E-state index is 6.15. The van der Waals surface area contributed by atoms with Gasteiger partial charge in [-0.25, -0.2) is 0 Å². The molecule has 2 saturated heterocycles. The summed E-state index contributed by atoms with van der Waals surface area (Å²) in [6.07, 6.45) is 8.23. The molecular formula is C15H29N3. The smallest absolute Gasteiger partial charge is 0.0335 e. The largest absolute Gasteiger partial charge is 0.329 e. The van der Waals surface area contributed by atoms with E-state index in [9.17, 15) is 0 Å². The van der Waals surface area contributed by atoms with E-state index in [0.29, 0.717) is 5.54 Å². The molecule has 3 atom stereocenters. The number of hydrogen-bond acceptors (Lipinski definition) is 3. The number of rotatable bonds is 3. The van der Waals surface area contributed by atoms with Gasteiger partial charge in [0.2, 0.25) is 0 Å². The molecular weight excluding hydrogens is 222 g/mol. The summed E-state index contributed by atoms with van der Waals surface area (Å²) in [5, 5.41) is 0. The Morgan fingerprint density at radius 2 is 1.94 bits per heavy atom. The first-order chi connectivity index (χ1) is 8.73. The predicted octanol–water partition coefficient (Wildman–Crippen LogP) is 1.67. The molecule has 2 aliphatic heterocycles. The van der Waals surface area contributed by atoms with Gasteiger partial charge < -0.3 is 5.73 Å². The molecule has 2 N–H and O–H groups in total. The normalized spacial score (nSPS) is 43.0. The highest BCUT2D eigenvalue weighted by Gasteiger charge is 2.44. The lowest BCUT2D eigenvalue weighted by molar-refractivity contribution is 0.113. The molecule has 1 aliphatic carbocycles. The van der Waals surface area contributed by atoms with Crippen molar-refractivity contribution in [2.24, 2.45) is 11.7 Å². The van der Waals surface area contributed by atoms with Crippen LogP contribution in [0.3, 0.4) is 0 Å². The van der Waals surface area contributed by atoms with E-state index < -0.39 is 0 Å². The molecule has 3 fully saturated rings. The van der Waals surface area contributed by atoms with Gasteiger partial charge in [0, 0.05) is 31.2 Å². The van der Waals surface area contributed by atoms with Crippen LogP contribution in [0.25, 0.3) is 0 Å². The molecule has 0 bridgehead atoms. The Hall–Kier alpha value is -0.120. The van der Waals surface area contributed by atoms with Crippen LogP contribution >= 0.6 is 0 Å².